The Labute approximate surface area is 196 Å². The number of aromatic nitrogens is 4. The number of methoxy groups -OCH3 is 1. The van der Waals surface area contributed by atoms with Gasteiger partial charge in [0, 0.05) is 37.0 Å². The Morgan fingerprint density at radius 2 is 2.03 bits per heavy atom. The van der Waals surface area contributed by atoms with Crippen LogP contribution in [0.3, 0.4) is 0 Å². The van der Waals surface area contributed by atoms with Crippen molar-refractivity contribution in [2.24, 2.45) is 0 Å². The molecule has 0 unspecified atom stereocenters. The van der Waals surface area contributed by atoms with Crippen LogP contribution in [0.2, 0.25) is 5.02 Å². The molecule has 4 aromatic rings. The van der Waals surface area contributed by atoms with Crippen molar-refractivity contribution in [3.05, 3.63) is 53.9 Å². The molecule has 9 nitrogen and oxygen atoms in total. The minimum Gasteiger partial charge on any atom is -0.494 e. The van der Waals surface area contributed by atoms with Crippen molar-refractivity contribution in [2.75, 3.05) is 50.2 Å². The first-order valence-electron chi connectivity index (χ1n) is 10.6. The molecule has 1 fully saturated rings. The highest BCUT2D eigenvalue weighted by atomic mass is 35.5. The summed E-state index contributed by atoms with van der Waals surface area (Å²) < 4.78 is 7.42. The highest BCUT2D eigenvalue weighted by Gasteiger charge is 2.30. The molecule has 1 aliphatic rings. The van der Waals surface area contributed by atoms with E-state index in [9.17, 15) is 0 Å². The Balaban J connectivity index is 1.45. The fourth-order valence-electron chi connectivity index (χ4n) is 3.96. The van der Waals surface area contributed by atoms with Crippen LogP contribution in [0.15, 0.2) is 48.9 Å². The average Bonchev–Trinajstić information content (AvgIpc) is 3.19. The van der Waals surface area contributed by atoms with Crippen LogP contribution >= 0.6 is 11.6 Å². The predicted octanol–water partition coefficient (Wildman–Crippen LogP) is 3.53. The molecule has 0 bridgehead atoms. The van der Waals surface area contributed by atoms with Crippen molar-refractivity contribution in [1.82, 2.24) is 24.5 Å². The van der Waals surface area contributed by atoms with E-state index in [4.69, 9.17) is 22.1 Å². The lowest BCUT2D eigenvalue weighted by Gasteiger charge is -2.44. The Morgan fingerprint density at radius 1 is 1.21 bits per heavy atom. The first-order valence-corrected chi connectivity index (χ1v) is 10.9. The van der Waals surface area contributed by atoms with E-state index in [0.29, 0.717) is 39.8 Å². The van der Waals surface area contributed by atoms with Crippen LogP contribution in [0.5, 0.6) is 5.75 Å². The van der Waals surface area contributed by atoms with Crippen molar-refractivity contribution in [2.45, 2.75) is 6.04 Å². The molecule has 3 N–H and O–H groups in total. The molecule has 5 rings (SSSR count). The maximum atomic E-state index is 6.44. The van der Waals surface area contributed by atoms with Crippen molar-refractivity contribution in [3.8, 4) is 17.0 Å². The van der Waals surface area contributed by atoms with Crippen molar-refractivity contribution < 1.29 is 4.74 Å². The number of hydrogen-bond acceptors (Lipinski definition) is 8. The number of rotatable bonds is 6. The van der Waals surface area contributed by atoms with Gasteiger partial charge in [-0.15, -0.1) is 0 Å². The Kier molecular flexibility index (Phi) is 5.43. The van der Waals surface area contributed by atoms with Crippen LogP contribution in [0.4, 0.5) is 23.0 Å². The van der Waals surface area contributed by atoms with Gasteiger partial charge in [0.1, 0.15) is 5.75 Å². The molecular weight excluding hydrogens is 440 g/mol. The van der Waals surface area contributed by atoms with E-state index in [2.05, 4.69) is 44.3 Å². The normalized spacial score (nSPS) is 14.0. The third-order valence-corrected chi connectivity index (χ3v) is 6.23. The average molecular weight is 465 g/mol. The lowest BCUT2D eigenvalue weighted by atomic mass is 10.1. The van der Waals surface area contributed by atoms with Crippen LogP contribution in [0, 0.1) is 0 Å². The predicted molar refractivity (Wildman–Crippen MR) is 132 cm³/mol. The van der Waals surface area contributed by atoms with Gasteiger partial charge in [0.05, 0.1) is 52.8 Å². The van der Waals surface area contributed by atoms with Gasteiger partial charge >= 0.3 is 0 Å². The van der Waals surface area contributed by atoms with Crippen LogP contribution in [0.25, 0.3) is 16.8 Å². The molecule has 3 aromatic heterocycles. The summed E-state index contributed by atoms with van der Waals surface area (Å²) in [6, 6.07) is 10.2. The Hall–Kier alpha value is -3.56. The van der Waals surface area contributed by atoms with Gasteiger partial charge in [-0.3, -0.25) is 0 Å². The number of ether oxygens (including phenoxy) is 1. The summed E-state index contributed by atoms with van der Waals surface area (Å²) in [4.78, 5) is 13.5. The quantitative estimate of drug-likeness (QED) is 0.418. The van der Waals surface area contributed by atoms with Crippen LogP contribution in [-0.2, 0) is 0 Å². The van der Waals surface area contributed by atoms with Gasteiger partial charge < -0.3 is 25.6 Å². The standard InChI is InChI=1S/C23H25ClN8O/c1-30(2)14-12-31(13-14)20-9-21(33-3)18(8-17(20)25)28-23-26-11-16(24)22(29-23)15-10-27-32-7-5-4-6-19(15)32/h4-11,14H,12-13,25H2,1-3H3,(H,26,28,29). The topological polar surface area (TPSA) is 96.8 Å². The summed E-state index contributed by atoms with van der Waals surface area (Å²) in [5.74, 6) is 1.04. The summed E-state index contributed by atoms with van der Waals surface area (Å²) in [7, 11) is 5.81. The third kappa shape index (κ3) is 3.90. The number of hydrogen-bond donors (Lipinski definition) is 2. The number of nitrogens with two attached hydrogens (primary N) is 1. The van der Waals surface area contributed by atoms with E-state index in [1.807, 2.05) is 36.5 Å². The van der Waals surface area contributed by atoms with E-state index in [1.54, 1.807) is 24.0 Å². The van der Waals surface area contributed by atoms with Gasteiger partial charge in [-0.1, -0.05) is 17.7 Å². The molecule has 10 heteroatoms. The highest BCUT2D eigenvalue weighted by molar-refractivity contribution is 6.33. The molecule has 4 heterocycles. The smallest absolute Gasteiger partial charge is 0.227 e. The van der Waals surface area contributed by atoms with Crippen molar-refractivity contribution >= 4 is 40.1 Å². The molecule has 0 atom stereocenters. The summed E-state index contributed by atoms with van der Waals surface area (Å²) in [5, 5.41) is 8.05. The first-order chi connectivity index (χ1) is 15.9. The summed E-state index contributed by atoms with van der Waals surface area (Å²) in [6.45, 7) is 1.85. The second-order valence-electron chi connectivity index (χ2n) is 8.24. The van der Waals surface area contributed by atoms with E-state index < -0.39 is 0 Å². The number of pyridine rings is 1. The van der Waals surface area contributed by atoms with E-state index in [0.717, 1.165) is 29.9 Å². The first kappa shape index (κ1) is 21.3. The molecule has 0 aliphatic carbocycles. The van der Waals surface area contributed by atoms with Gasteiger partial charge in [-0.05, 0) is 32.3 Å². The van der Waals surface area contributed by atoms with Gasteiger partial charge in [-0.2, -0.15) is 5.10 Å². The Morgan fingerprint density at radius 3 is 2.79 bits per heavy atom. The minimum absolute atomic E-state index is 0.381. The number of anilines is 4. The van der Waals surface area contributed by atoms with Gasteiger partial charge in [0.2, 0.25) is 5.95 Å². The fraction of sp³-hybridized carbons (Fsp3) is 0.261. The minimum atomic E-state index is 0.381. The third-order valence-electron chi connectivity index (χ3n) is 5.95. The number of nitrogen functional groups attached to an aromatic ring is 1. The molecular formula is C23H25ClN8O. The molecule has 0 saturated carbocycles. The highest BCUT2D eigenvalue weighted by Crippen LogP contribution is 2.39. The number of likely N-dealkylation sites (N-methyl/N-ethyl adjacent to an activating group) is 1. The zero-order valence-corrected chi connectivity index (χ0v) is 19.4. The summed E-state index contributed by atoms with van der Waals surface area (Å²) in [5.41, 5.74) is 11.0. The largest absolute Gasteiger partial charge is 0.494 e. The SMILES string of the molecule is COc1cc(N2CC(N(C)C)C2)c(N)cc1Nc1ncc(Cl)c(-c2cnn3ccccc23)n1. The fourth-order valence-corrected chi connectivity index (χ4v) is 4.15. The number of benzene rings is 1. The molecule has 33 heavy (non-hydrogen) atoms. The van der Waals surface area contributed by atoms with Crippen molar-refractivity contribution in [1.29, 1.82) is 0 Å². The van der Waals surface area contributed by atoms with Gasteiger partial charge in [-0.25, -0.2) is 14.5 Å². The maximum Gasteiger partial charge on any atom is 0.227 e. The summed E-state index contributed by atoms with van der Waals surface area (Å²) >= 11 is 6.44. The number of fused-ring (bicyclic) bond motifs is 1. The lowest BCUT2D eigenvalue weighted by molar-refractivity contribution is 0.247. The molecule has 0 amide bonds. The van der Waals surface area contributed by atoms with E-state index in [-0.39, 0.29) is 0 Å². The van der Waals surface area contributed by atoms with Crippen molar-refractivity contribution in [3.63, 3.8) is 0 Å². The molecule has 0 spiro atoms. The second-order valence-corrected chi connectivity index (χ2v) is 8.64. The second kappa shape index (κ2) is 8.42. The van der Waals surface area contributed by atoms with Gasteiger partial charge in [0.15, 0.2) is 0 Å². The molecule has 1 aliphatic heterocycles. The van der Waals surface area contributed by atoms with Crippen LogP contribution in [0.1, 0.15) is 0 Å². The zero-order valence-electron chi connectivity index (χ0n) is 18.7. The molecule has 0 radical (unpaired) electrons. The van der Waals surface area contributed by atoms with E-state index in [1.165, 1.54) is 0 Å². The van der Waals surface area contributed by atoms with Crippen LogP contribution < -0.4 is 20.7 Å². The monoisotopic (exact) mass is 464 g/mol. The molecule has 1 aromatic carbocycles. The van der Waals surface area contributed by atoms with E-state index >= 15 is 0 Å². The Bertz CT molecular complexity index is 1320. The number of halogens is 1. The van der Waals surface area contributed by atoms with Gasteiger partial charge in [0.25, 0.3) is 0 Å². The summed E-state index contributed by atoms with van der Waals surface area (Å²) in [6.07, 6.45) is 5.19. The number of nitrogens with one attached hydrogen (secondary N) is 1. The van der Waals surface area contributed by atoms with Crippen LogP contribution in [-0.4, -0.2) is 64.8 Å². The lowest BCUT2D eigenvalue weighted by Crippen LogP contribution is -2.57. The zero-order chi connectivity index (χ0) is 23.1. The molecule has 1 saturated heterocycles. The molecule has 170 valence electrons. The maximum absolute atomic E-state index is 6.44. The number of nitrogens with zero attached hydrogens (tertiary/aromatic N) is 6.